The van der Waals surface area contributed by atoms with Crippen LogP contribution in [0.3, 0.4) is 0 Å². The number of amides is 1. The highest BCUT2D eigenvalue weighted by Crippen LogP contribution is 2.20. The number of hydrogen-bond acceptors (Lipinski definition) is 4. The van der Waals surface area contributed by atoms with Crippen molar-refractivity contribution in [3.8, 4) is 5.75 Å². The Labute approximate surface area is 140 Å². The largest absolute Gasteiger partial charge is 0.484 e. The van der Waals surface area contributed by atoms with E-state index in [1.165, 1.54) is 0 Å². The fourth-order valence-corrected chi connectivity index (χ4v) is 2.24. The molecule has 0 fully saturated rings. The molecule has 0 aliphatic rings. The third kappa shape index (κ3) is 3.95. The summed E-state index contributed by atoms with van der Waals surface area (Å²) in [5.41, 5.74) is 4.10. The van der Waals surface area contributed by atoms with Gasteiger partial charge >= 0.3 is 0 Å². The molecule has 0 unspecified atom stereocenters. The van der Waals surface area contributed by atoms with Gasteiger partial charge in [-0.05, 0) is 42.0 Å². The van der Waals surface area contributed by atoms with Crippen LogP contribution in [0.25, 0.3) is 10.8 Å². The van der Waals surface area contributed by atoms with Crippen LogP contribution in [0.5, 0.6) is 5.75 Å². The molecule has 0 spiro atoms. The molecule has 2 aromatic carbocycles. The average molecular weight is 319 g/mol. The van der Waals surface area contributed by atoms with Gasteiger partial charge in [0, 0.05) is 18.0 Å². The molecule has 5 nitrogen and oxygen atoms in total. The summed E-state index contributed by atoms with van der Waals surface area (Å²) in [5.74, 6) is 0.343. The Morgan fingerprint density at radius 1 is 1.08 bits per heavy atom. The summed E-state index contributed by atoms with van der Waals surface area (Å²) in [6, 6.07) is 17.4. The Bertz CT molecular complexity index is 876. The van der Waals surface area contributed by atoms with Crippen LogP contribution in [-0.4, -0.2) is 23.2 Å². The molecule has 0 saturated carbocycles. The van der Waals surface area contributed by atoms with E-state index in [1.54, 1.807) is 12.4 Å². The fourth-order valence-electron chi connectivity index (χ4n) is 2.24. The third-order valence-electron chi connectivity index (χ3n) is 3.54. The molecule has 0 saturated heterocycles. The number of ether oxygens (including phenoxy) is 1. The average Bonchev–Trinajstić information content (AvgIpc) is 2.65. The predicted octanol–water partition coefficient (Wildman–Crippen LogP) is 3.15. The van der Waals surface area contributed by atoms with E-state index in [-0.39, 0.29) is 12.5 Å². The number of fused-ring (bicyclic) bond motifs is 1. The number of aromatic nitrogens is 1. The Morgan fingerprint density at radius 3 is 2.62 bits per heavy atom. The van der Waals surface area contributed by atoms with Gasteiger partial charge in [0.05, 0.1) is 5.71 Å². The van der Waals surface area contributed by atoms with Crippen LogP contribution >= 0.6 is 0 Å². The first-order chi connectivity index (χ1) is 11.7. The molecule has 0 bridgehead atoms. The smallest absolute Gasteiger partial charge is 0.277 e. The van der Waals surface area contributed by atoms with Crippen molar-refractivity contribution < 1.29 is 9.53 Å². The molecule has 3 rings (SSSR count). The minimum absolute atomic E-state index is 0.0918. The van der Waals surface area contributed by atoms with Gasteiger partial charge in [-0.1, -0.05) is 30.3 Å². The van der Waals surface area contributed by atoms with Gasteiger partial charge < -0.3 is 4.74 Å². The van der Waals surface area contributed by atoms with Crippen LogP contribution < -0.4 is 10.2 Å². The van der Waals surface area contributed by atoms with Crippen LogP contribution in [0.15, 0.2) is 72.1 Å². The van der Waals surface area contributed by atoms with Crippen LogP contribution in [-0.2, 0) is 4.79 Å². The molecular weight excluding hydrogens is 302 g/mol. The number of pyridine rings is 1. The Morgan fingerprint density at radius 2 is 1.83 bits per heavy atom. The van der Waals surface area contributed by atoms with Gasteiger partial charge in [-0.2, -0.15) is 5.10 Å². The lowest BCUT2D eigenvalue weighted by atomic mass is 10.1. The van der Waals surface area contributed by atoms with E-state index < -0.39 is 0 Å². The van der Waals surface area contributed by atoms with Crippen molar-refractivity contribution in [2.24, 2.45) is 5.10 Å². The first kappa shape index (κ1) is 15.7. The SMILES string of the molecule is C/C(=N/NC(=O)COc1ccc2ccccc2c1)c1ccncc1. The van der Waals surface area contributed by atoms with E-state index in [0.29, 0.717) is 11.5 Å². The normalized spacial score (nSPS) is 11.3. The van der Waals surface area contributed by atoms with E-state index in [2.05, 4.69) is 15.5 Å². The number of hydrogen-bond donors (Lipinski definition) is 1. The number of hydrazone groups is 1. The first-order valence-corrected chi connectivity index (χ1v) is 7.57. The van der Waals surface area contributed by atoms with Crippen molar-refractivity contribution in [2.45, 2.75) is 6.92 Å². The molecule has 120 valence electrons. The maximum absolute atomic E-state index is 11.9. The Balaban J connectivity index is 1.57. The zero-order valence-electron chi connectivity index (χ0n) is 13.3. The van der Waals surface area contributed by atoms with Crippen LogP contribution in [0.2, 0.25) is 0 Å². The van der Waals surface area contributed by atoms with Crippen molar-refractivity contribution in [3.05, 3.63) is 72.6 Å². The lowest BCUT2D eigenvalue weighted by Crippen LogP contribution is -2.25. The number of carbonyl (C=O) groups excluding carboxylic acids is 1. The molecule has 3 aromatic rings. The lowest BCUT2D eigenvalue weighted by molar-refractivity contribution is -0.123. The number of nitrogens with zero attached hydrogens (tertiary/aromatic N) is 2. The summed E-state index contributed by atoms with van der Waals surface area (Å²) in [6.45, 7) is 1.73. The van der Waals surface area contributed by atoms with Crippen molar-refractivity contribution >= 4 is 22.4 Å². The number of carbonyl (C=O) groups is 1. The van der Waals surface area contributed by atoms with E-state index >= 15 is 0 Å². The molecule has 0 radical (unpaired) electrons. The number of nitrogens with one attached hydrogen (secondary N) is 1. The zero-order chi connectivity index (χ0) is 16.8. The minimum atomic E-state index is -0.309. The second-order valence-corrected chi connectivity index (χ2v) is 5.27. The standard InChI is InChI=1S/C19H17N3O2/c1-14(15-8-10-20-11-9-15)21-22-19(23)13-24-18-7-6-16-4-2-3-5-17(16)12-18/h2-12H,13H2,1H3,(H,22,23)/b21-14-. The molecular formula is C19H17N3O2. The predicted molar refractivity (Wildman–Crippen MR) is 94.0 cm³/mol. The van der Waals surface area contributed by atoms with Crippen LogP contribution in [0.1, 0.15) is 12.5 Å². The highest BCUT2D eigenvalue weighted by molar-refractivity contribution is 5.99. The van der Waals surface area contributed by atoms with Crippen molar-refractivity contribution in [2.75, 3.05) is 6.61 Å². The van der Waals surface area contributed by atoms with Crippen LogP contribution in [0.4, 0.5) is 0 Å². The van der Waals surface area contributed by atoms with Crippen molar-refractivity contribution in [1.82, 2.24) is 10.4 Å². The second-order valence-electron chi connectivity index (χ2n) is 5.27. The van der Waals surface area contributed by atoms with E-state index in [9.17, 15) is 4.79 Å². The van der Waals surface area contributed by atoms with Crippen molar-refractivity contribution in [3.63, 3.8) is 0 Å². The van der Waals surface area contributed by atoms with Gasteiger partial charge in [0.2, 0.25) is 0 Å². The maximum Gasteiger partial charge on any atom is 0.277 e. The highest BCUT2D eigenvalue weighted by Gasteiger charge is 2.03. The van der Waals surface area contributed by atoms with E-state index in [4.69, 9.17) is 4.74 Å². The Hall–Kier alpha value is -3.21. The monoisotopic (exact) mass is 319 g/mol. The number of rotatable bonds is 5. The lowest BCUT2D eigenvalue weighted by Gasteiger charge is -2.07. The zero-order valence-corrected chi connectivity index (χ0v) is 13.3. The van der Waals surface area contributed by atoms with Gasteiger partial charge in [0.25, 0.3) is 5.91 Å². The van der Waals surface area contributed by atoms with Gasteiger partial charge in [-0.15, -0.1) is 0 Å². The van der Waals surface area contributed by atoms with Crippen molar-refractivity contribution in [1.29, 1.82) is 0 Å². The third-order valence-corrected chi connectivity index (χ3v) is 3.54. The molecule has 24 heavy (non-hydrogen) atoms. The Kier molecular flexibility index (Phi) is 4.81. The molecule has 1 heterocycles. The summed E-state index contributed by atoms with van der Waals surface area (Å²) in [6.07, 6.45) is 3.36. The molecule has 1 amide bonds. The quantitative estimate of drug-likeness (QED) is 0.580. The summed E-state index contributed by atoms with van der Waals surface area (Å²) in [7, 11) is 0. The molecule has 0 aliphatic carbocycles. The molecule has 1 aromatic heterocycles. The van der Waals surface area contributed by atoms with E-state index in [1.807, 2.05) is 61.5 Å². The molecule has 0 aliphatic heterocycles. The fraction of sp³-hybridized carbons (Fsp3) is 0.105. The first-order valence-electron chi connectivity index (χ1n) is 7.57. The maximum atomic E-state index is 11.9. The molecule has 1 N–H and O–H groups in total. The van der Waals surface area contributed by atoms with Gasteiger partial charge in [0.1, 0.15) is 5.75 Å². The second kappa shape index (κ2) is 7.37. The summed E-state index contributed by atoms with van der Waals surface area (Å²) < 4.78 is 5.52. The summed E-state index contributed by atoms with van der Waals surface area (Å²) in [4.78, 5) is 15.8. The minimum Gasteiger partial charge on any atom is -0.484 e. The van der Waals surface area contributed by atoms with Gasteiger partial charge in [0.15, 0.2) is 6.61 Å². The topological polar surface area (TPSA) is 63.6 Å². The van der Waals surface area contributed by atoms with E-state index in [0.717, 1.165) is 16.3 Å². The van der Waals surface area contributed by atoms with Gasteiger partial charge in [-0.25, -0.2) is 5.43 Å². The van der Waals surface area contributed by atoms with Gasteiger partial charge in [-0.3, -0.25) is 9.78 Å². The summed E-state index contributed by atoms with van der Waals surface area (Å²) in [5, 5.41) is 6.27. The highest BCUT2D eigenvalue weighted by atomic mass is 16.5. The molecule has 5 heteroatoms. The number of benzene rings is 2. The summed E-state index contributed by atoms with van der Waals surface area (Å²) >= 11 is 0. The van der Waals surface area contributed by atoms with Crippen LogP contribution in [0, 0.1) is 0 Å². The molecule has 0 atom stereocenters.